The van der Waals surface area contributed by atoms with E-state index in [1.165, 1.54) is 51.4 Å². The van der Waals surface area contributed by atoms with Crippen LogP contribution in [0.1, 0.15) is 65.2 Å². The van der Waals surface area contributed by atoms with Gasteiger partial charge in [0.05, 0.1) is 0 Å². The molecule has 0 N–H and O–H groups in total. The summed E-state index contributed by atoms with van der Waals surface area (Å²) in [5.41, 5.74) is 0.191. The van der Waals surface area contributed by atoms with Crippen LogP contribution in [0.4, 0.5) is 0 Å². The molecule has 0 radical (unpaired) electrons. The van der Waals surface area contributed by atoms with Crippen LogP contribution in [0.15, 0.2) is 0 Å². The fourth-order valence-electron chi connectivity index (χ4n) is 2.68. The lowest BCUT2D eigenvalue weighted by molar-refractivity contribution is 0.184. The van der Waals surface area contributed by atoms with Gasteiger partial charge in [-0.05, 0) is 32.1 Å². The maximum atomic E-state index is 5.73. The van der Waals surface area contributed by atoms with Crippen molar-refractivity contribution >= 4 is 0 Å². The molecule has 0 saturated heterocycles. The van der Waals surface area contributed by atoms with Gasteiger partial charge in [0.25, 0.3) is 0 Å². The average molecular weight is 192 g/mol. The number of unbranched alkanes of at least 4 members (excludes halogenated alkanes) is 1. The molecule has 1 saturated carbocycles. The van der Waals surface area contributed by atoms with E-state index in [9.17, 15) is 0 Å². The maximum absolute atomic E-state index is 5.73. The van der Waals surface area contributed by atoms with Crippen LogP contribution in [0.2, 0.25) is 0 Å². The molecule has 1 rings (SSSR count). The molecule has 1 atom stereocenters. The average Bonchev–Trinajstić information content (AvgIpc) is 2.27. The fraction of sp³-hybridized carbons (Fsp3) is 0.857. The SMILES string of the molecule is C#C[C@@](C)(CCCC)C1CCCCC1. The van der Waals surface area contributed by atoms with E-state index in [1.807, 2.05) is 0 Å². The lowest BCUT2D eigenvalue weighted by Gasteiger charge is -2.36. The second-order valence-corrected chi connectivity index (χ2v) is 5.00. The van der Waals surface area contributed by atoms with Crippen LogP contribution in [0.25, 0.3) is 0 Å². The van der Waals surface area contributed by atoms with Crippen molar-refractivity contribution in [3.8, 4) is 12.3 Å². The lowest BCUT2D eigenvalue weighted by atomic mass is 9.68. The Morgan fingerprint density at radius 3 is 2.43 bits per heavy atom. The largest absolute Gasteiger partial charge is 0.120 e. The quantitative estimate of drug-likeness (QED) is 0.579. The Morgan fingerprint density at radius 2 is 1.93 bits per heavy atom. The molecule has 0 spiro atoms. The van der Waals surface area contributed by atoms with E-state index in [0.29, 0.717) is 0 Å². The van der Waals surface area contributed by atoms with Gasteiger partial charge in [-0.3, -0.25) is 0 Å². The van der Waals surface area contributed by atoms with E-state index in [4.69, 9.17) is 6.42 Å². The summed E-state index contributed by atoms with van der Waals surface area (Å²) >= 11 is 0. The van der Waals surface area contributed by atoms with Gasteiger partial charge in [0.2, 0.25) is 0 Å². The topological polar surface area (TPSA) is 0 Å². The molecule has 0 amide bonds. The summed E-state index contributed by atoms with van der Waals surface area (Å²) in [5, 5.41) is 0. The highest BCUT2D eigenvalue weighted by molar-refractivity contribution is 5.06. The highest BCUT2D eigenvalue weighted by atomic mass is 14.4. The third-order valence-electron chi connectivity index (χ3n) is 3.89. The van der Waals surface area contributed by atoms with Gasteiger partial charge in [0, 0.05) is 5.41 Å². The number of hydrogen-bond acceptors (Lipinski definition) is 0. The minimum Gasteiger partial charge on any atom is -0.120 e. The van der Waals surface area contributed by atoms with E-state index in [0.717, 1.165) is 5.92 Å². The Labute approximate surface area is 89.5 Å². The zero-order valence-corrected chi connectivity index (χ0v) is 9.81. The molecule has 0 nitrogen and oxygen atoms in total. The van der Waals surface area contributed by atoms with Gasteiger partial charge < -0.3 is 0 Å². The first-order valence-electron chi connectivity index (χ1n) is 6.20. The number of rotatable bonds is 4. The minimum atomic E-state index is 0.191. The molecule has 1 aliphatic carbocycles. The van der Waals surface area contributed by atoms with E-state index in [-0.39, 0.29) is 5.41 Å². The van der Waals surface area contributed by atoms with Gasteiger partial charge in [0.15, 0.2) is 0 Å². The van der Waals surface area contributed by atoms with Crippen molar-refractivity contribution in [2.24, 2.45) is 11.3 Å². The normalized spacial score (nSPS) is 22.6. The zero-order valence-electron chi connectivity index (χ0n) is 9.81. The van der Waals surface area contributed by atoms with Crippen LogP contribution in [0.3, 0.4) is 0 Å². The van der Waals surface area contributed by atoms with Crippen LogP contribution in [0.5, 0.6) is 0 Å². The molecule has 1 fully saturated rings. The first-order valence-corrected chi connectivity index (χ1v) is 6.20. The van der Waals surface area contributed by atoms with Crippen molar-refractivity contribution < 1.29 is 0 Å². The Kier molecular flexibility index (Phi) is 4.52. The summed E-state index contributed by atoms with van der Waals surface area (Å²) in [6.45, 7) is 4.55. The van der Waals surface area contributed by atoms with Crippen molar-refractivity contribution in [2.45, 2.75) is 65.2 Å². The van der Waals surface area contributed by atoms with E-state index in [2.05, 4.69) is 19.8 Å². The standard InChI is InChI=1S/C14H24/c1-4-6-12-14(3,5-2)13-10-8-7-9-11-13/h2,13H,4,6-12H2,1,3H3/t14-/m0/s1. The second-order valence-electron chi connectivity index (χ2n) is 5.00. The lowest BCUT2D eigenvalue weighted by Crippen LogP contribution is -2.27. The summed E-state index contributed by atoms with van der Waals surface area (Å²) < 4.78 is 0. The molecule has 0 aliphatic heterocycles. The fourth-order valence-corrected chi connectivity index (χ4v) is 2.68. The van der Waals surface area contributed by atoms with Gasteiger partial charge in [0.1, 0.15) is 0 Å². The van der Waals surface area contributed by atoms with Gasteiger partial charge in [-0.25, -0.2) is 0 Å². The third-order valence-corrected chi connectivity index (χ3v) is 3.89. The molecular formula is C14H24. The van der Waals surface area contributed by atoms with Gasteiger partial charge in [-0.15, -0.1) is 6.42 Å². The summed E-state index contributed by atoms with van der Waals surface area (Å²) in [4.78, 5) is 0. The predicted molar refractivity (Wildman–Crippen MR) is 63.0 cm³/mol. The van der Waals surface area contributed by atoms with Crippen LogP contribution in [-0.2, 0) is 0 Å². The predicted octanol–water partition coefficient (Wildman–Crippen LogP) is 4.40. The van der Waals surface area contributed by atoms with E-state index in [1.54, 1.807) is 0 Å². The Bertz CT molecular complexity index is 193. The second kappa shape index (κ2) is 5.44. The molecule has 0 aromatic rings. The zero-order chi connectivity index (χ0) is 10.4. The number of hydrogen-bond donors (Lipinski definition) is 0. The van der Waals surface area contributed by atoms with Crippen molar-refractivity contribution in [3.63, 3.8) is 0 Å². The monoisotopic (exact) mass is 192 g/mol. The molecule has 0 aromatic carbocycles. The van der Waals surface area contributed by atoms with Crippen LogP contribution >= 0.6 is 0 Å². The molecule has 0 bridgehead atoms. The molecule has 0 aromatic heterocycles. The van der Waals surface area contributed by atoms with Crippen molar-refractivity contribution in [1.82, 2.24) is 0 Å². The van der Waals surface area contributed by atoms with Crippen LogP contribution in [-0.4, -0.2) is 0 Å². The molecule has 1 aliphatic rings. The molecule has 0 unspecified atom stereocenters. The Balaban J connectivity index is 2.53. The van der Waals surface area contributed by atoms with Crippen LogP contribution in [0, 0.1) is 23.7 Å². The van der Waals surface area contributed by atoms with Gasteiger partial charge in [-0.2, -0.15) is 0 Å². The summed E-state index contributed by atoms with van der Waals surface area (Å²) in [7, 11) is 0. The van der Waals surface area contributed by atoms with Crippen LogP contribution < -0.4 is 0 Å². The van der Waals surface area contributed by atoms with Gasteiger partial charge >= 0.3 is 0 Å². The summed E-state index contributed by atoms with van der Waals surface area (Å²) in [6, 6.07) is 0. The highest BCUT2D eigenvalue weighted by Gasteiger charge is 2.32. The highest BCUT2D eigenvalue weighted by Crippen LogP contribution is 2.41. The first-order chi connectivity index (χ1) is 6.73. The van der Waals surface area contributed by atoms with E-state index < -0.39 is 0 Å². The maximum Gasteiger partial charge on any atom is 0.0312 e. The minimum absolute atomic E-state index is 0.191. The smallest absolute Gasteiger partial charge is 0.0312 e. The molecule has 0 heterocycles. The van der Waals surface area contributed by atoms with Crippen molar-refractivity contribution in [2.75, 3.05) is 0 Å². The molecule has 80 valence electrons. The molecule has 14 heavy (non-hydrogen) atoms. The molecular weight excluding hydrogens is 168 g/mol. The van der Waals surface area contributed by atoms with Crippen molar-refractivity contribution in [3.05, 3.63) is 0 Å². The van der Waals surface area contributed by atoms with Gasteiger partial charge in [-0.1, -0.05) is 44.9 Å². The Morgan fingerprint density at radius 1 is 1.29 bits per heavy atom. The third kappa shape index (κ3) is 2.77. The molecule has 0 heteroatoms. The Hall–Kier alpha value is -0.440. The summed E-state index contributed by atoms with van der Waals surface area (Å²) in [5.74, 6) is 3.88. The van der Waals surface area contributed by atoms with E-state index >= 15 is 0 Å². The summed E-state index contributed by atoms with van der Waals surface area (Å²) in [6.07, 6.45) is 16.5. The first kappa shape index (κ1) is 11.6. The number of terminal acetylenes is 1. The van der Waals surface area contributed by atoms with Crippen molar-refractivity contribution in [1.29, 1.82) is 0 Å².